The monoisotopic (exact) mass is 213 g/mol. The van der Waals surface area contributed by atoms with Crippen molar-refractivity contribution < 1.29 is 0 Å². The Morgan fingerprint density at radius 2 is 1.69 bits per heavy atom. The summed E-state index contributed by atoms with van der Waals surface area (Å²) in [5.74, 6) is 0. The van der Waals surface area contributed by atoms with Crippen molar-refractivity contribution in [2.24, 2.45) is 0 Å². The lowest BCUT2D eigenvalue weighted by Gasteiger charge is -2.10. The van der Waals surface area contributed by atoms with Crippen LogP contribution < -0.4 is 5.56 Å². The van der Waals surface area contributed by atoms with Crippen LogP contribution in [0.25, 0.3) is 0 Å². The molecule has 2 nitrogen and oxygen atoms in total. The number of pyridine rings is 1. The Balaban J connectivity index is 2.43. The van der Waals surface area contributed by atoms with Crippen LogP contribution in [0.4, 0.5) is 0 Å². The van der Waals surface area contributed by atoms with Gasteiger partial charge in [0, 0.05) is 11.3 Å². The Labute approximate surface area is 95.2 Å². The number of aromatic nitrogens is 1. The first-order valence-corrected chi connectivity index (χ1v) is 5.39. The molecule has 0 aliphatic rings. The molecule has 2 rings (SSSR count). The topological polar surface area (TPSA) is 22.0 Å². The third-order valence-corrected chi connectivity index (χ3v) is 2.77. The summed E-state index contributed by atoms with van der Waals surface area (Å²) in [4.78, 5) is 12.0. The highest BCUT2D eigenvalue weighted by molar-refractivity contribution is 5.19. The van der Waals surface area contributed by atoms with E-state index in [0.717, 1.165) is 16.8 Å². The zero-order valence-corrected chi connectivity index (χ0v) is 9.60. The molecule has 1 aromatic heterocycles. The molecule has 0 atom stereocenters. The molecule has 2 aromatic rings. The maximum atomic E-state index is 12.0. The molecule has 82 valence electrons. The molecule has 0 unspecified atom stereocenters. The molecule has 0 aliphatic heterocycles. The van der Waals surface area contributed by atoms with Crippen molar-refractivity contribution in [2.45, 2.75) is 20.4 Å². The van der Waals surface area contributed by atoms with Gasteiger partial charge in [-0.2, -0.15) is 0 Å². The van der Waals surface area contributed by atoms with E-state index >= 15 is 0 Å². The summed E-state index contributed by atoms with van der Waals surface area (Å²) in [5.41, 5.74) is 3.04. The summed E-state index contributed by atoms with van der Waals surface area (Å²) < 4.78 is 1.81. The fourth-order valence-corrected chi connectivity index (χ4v) is 1.74. The molecular weight excluding hydrogens is 198 g/mol. The molecule has 0 fully saturated rings. The van der Waals surface area contributed by atoms with Crippen LogP contribution in [0.1, 0.15) is 16.8 Å². The van der Waals surface area contributed by atoms with Gasteiger partial charge in [-0.15, -0.1) is 0 Å². The highest BCUT2D eigenvalue weighted by Gasteiger charge is 2.03. The molecule has 1 aromatic carbocycles. The Morgan fingerprint density at radius 1 is 1.00 bits per heavy atom. The quantitative estimate of drug-likeness (QED) is 0.751. The van der Waals surface area contributed by atoms with Crippen LogP contribution in [-0.2, 0) is 6.54 Å². The van der Waals surface area contributed by atoms with Gasteiger partial charge in [-0.05, 0) is 25.5 Å². The molecule has 0 saturated carbocycles. The summed E-state index contributed by atoms with van der Waals surface area (Å²) in [6.45, 7) is 4.46. The van der Waals surface area contributed by atoms with E-state index in [4.69, 9.17) is 0 Å². The third-order valence-electron chi connectivity index (χ3n) is 2.77. The second-order valence-corrected chi connectivity index (χ2v) is 4.03. The Hall–Kier alpha value is -1.83. The van der Waals surface area contributed by atoms with Gasteiger partial charge in [-0.25, -0.2) is 0 Å². The van der Waals surface area contributed by atoms with Crippen molar-refractivity contribution in [2.75, 3.05) is 0 Å². The molecular formula is C14H15NO. The summed E-state index contributed by atoms with van der Waals surface area (Å²) >= 11 is 0. The lowest BCUT2D eigenvalue weighted by atomic mass is 10.2. The molecule has 0 bridgehead atoms. The number of rotatable bonds is 2. The second-order valence-electron chi connectivity index (χ2n) is 4.03. The normalized spacial score (nSPS) is 10.4. The fraction of sp³-hybridized carbons (Fsp3) is 0.214. The largest absolute Gasteiger partial charge is 0.308 e. The summed E-state index contributed by atoms with van der Waals surface area (Å²) in [7, 11) is 0. The molecule has 0 aliphatic carbocycles. The van der Waals surface area contributed by atoms with E-state index in [-0.39, 0.29) is 5.56 Å². The third kappa shape index (κ3) is 2.06. The van der Waals surface area contributed by atoms with E-state index in [1.807, 2.05) is 60.9 Å². The van der Waals surface area contributed by atoms with Gasteiger partial charge in [0.2, 0.25) is 0 Å². The first-order valence-electron chi connectivity index (χ1n) is 5.39. The minimum atomic E-state index is 0.101. The van der Waals surface area contributed by atoms with Gasteiger partial charge >= 0.3 is 0 Å². The zero-order valence-electron chi connectivity index (χ0n) is 9.60. The smallest absolute Gasteiger partial charge is 0.253 e. The van der Waals surface area contributed by atoms with Gasteiger partial charge in [-0.3, -0.25) is 4.79 Å². The van der Waals surface area contributed by atoms with Crippen LogP contribution in [0.15, 0.2) is 47.3 Å². The fourth-order valence-electron chi connectivity index (χ4n) is 1.74. The van der Waals surface area contributed by atoms with Crippen LogP contribution in [-0.4, -0.2) is 4.57 Å². The summed E-state index contributed by atoms with van der Waals surface area (Å²) in [5, 5.41) is 0. The summed E-state index contributed by atoms with van der Waals surface area (Å²) in [6.07, 6.45) is 0. The molecule has 2 heteroatoms. The van der Waals surface area contributed by atoms with Crippen LogP contribution in [0.3, 0.4) is 0 Å². The molecule has 0 amide bonds. The van der Waals surface area contributed by atoms with Gasteiger partial charge < -0.3 is 4.57 Å². The van der Waals surface area contributed by atoms with E-state index in [2.05, 4.69) is 0 Å². The Kier molecular flexibility index (Phi) is 2.91. The van der Waals surface area contributed by atoms with Gasteiger partial charge in [0.15, 0.2) is 0 Å². The van der Waals surface area contributed by atoms with Crippen molar-refractivity contribution >= 4 is 0 Å². The van der Waals surface area contributed by atoms with E-state index in [1.54, 1.807) is 0 Å². The maximum absolute atomic E-state index is 12.0. The highest BCUT2D eigenvalue weighted by atomic mass is 16.1. The standard InChI is InChI=1S/C14H15NO/c1-11-8-9-12(2)15(14(11)16)10-13-6-4-3-5-7-13/h3-9H,10H2,1-2H3. The van der Waals surface area contributed by atoms with E-state index in [9.17, 15) is 4.79 Å². The number of benzene rings is 1. The van der Waals surface area contributed by atoms with Crippen molar-refractivity contribution in [1.82, 2.24) is 4.57 Å². The zero-order chi connectivity index (χ0) is 11.5. The van der Waals surface area contributed by atoms with Crippen LogP contribution in [0, 0.1) is 13.8 Å². The second kappa shape index (κ2) is 4.35. The predicted octanol–water partition coefficient (Wildman–Crippen LogP) is 2.51. The van der Waals surface area contributed by atoms with Crippen molar-refractivity contribution in [3.63, 3.8) is 0 Å². The SMILES string of the molecule is Cc1ccc(C)n(Cc2ccccc2)c1=O. The lowest BCUT2D eigenvalue weighted by molar-refractivity contribution is 0.723. The van der Waals surface area contributed by atoms with Crippen LogP contribution >= 0.6 is 0 Å². The molecule has 16 heavy (non-hydrogen) atoms. The highest BCUT2D eigenvalue weighted by Crippen LogP contribution is 2.04. The van der Waals surface area contributed by atoms with Gasteiger partial charge in [0.1, 0.15) is 0 Å². The average Bonchev–Trinajstić information content (AvgIpc) is 2.31. The number of aryl methyl sites for hydroxylation is 2. The molecule has 1 heterocycles. The molecule has 0 N–H and O–H groups in total. The van der Waals surface area contributed by atoms with Crippen LogP contribution in [0.2, 0.25) is 0 Å². The lowest BCUT2D eigenvalue weighted by Crippen LogP contribution is -2.24. The maximum Gasteiger partial charge on any atom is 0.253 e. The van der Waals surface area contributed by atoms with Gasteiger partial charge in [0.25, 0.3) is 5.56 Å². The Morgan fingerprint density at radius 3 is 2.38 bits per heavy atom. The first kappa shape index (κ1) is 10.7. The van der Waals surface area contributed by atoms with Crippen LogP contribution in [0.5, 0.6) is 0 Å². The number of nitrogens with zero attached hydrogens (tertiary/aromatic N) is 1. The van der Waals surface area contributed by atoms with E-state index in [0.29, 0.717) is 6.54 Å². The summed E-state index contributed by atoms with van der Waals surface area (Å²) in [6, 6.07) is 13.9. The number of hydrogen-bond donors (Lipinski definition) is 0. The first-order chi connectivity index (χ1) is 7.68. The van der Waals surface area contributed by atoms with Crippen molar-refractivity contribution in [3.8, 4) is 0 Å². The molecule has 0 spiro atoms. The predicted molar refractivity (Wildman–Crippen MR) is 65.7 cm³/mol. The molecule has 0 radical (unpaired) electrons. The van der Waals surface area contributed by atoms with E-state index in [1.165, 1.54) is 0 Å². The molecule has 0 saturated heterocycles. The van der Waals surface area contributed by atoms with Crippen molar-refractivity contribution in [1.29, 1.82) is 0 Å². The van der Waals surface area contributed by atoms with Gasteiger partial charge in [-0.1, -0.05) is 36.4 Å². The van der Waals surface area contributed by atoms with Crippen molar-refractivity contribution in [3.05, 3.63) is 69.6 Å². The van der Waals surface area contributed by atoms with Gasteiger partial charge in [0.05, 0.1) is 6.54 Å². The Bertz CT molecular complexity index is 540. The van der Waals surface area contributed by atoms with E-state index < -0.39 is 0 Å². The average molecular weight is 213 g/mol. The minimum Gasteiger partial charge on any atom is -0.308 e. The number of hydrogen-bond acceptors (Lipinski definition) is 1. The minimum absolute atomic E-state index is 0.101.